The number of hydrogen-bond acceptors (Lipinski definition) is 4. The number of carbonyl (C=O) groups excluding carboxylic acids is 1. The number of fused-ring (bicyclic) bond motifs is 1. The van der Waals surface area contributed by atoms with E-state index in [4.69, 9.17) is 9.47 Å². The minimum atomic E-state index is -0.103. The molecule has 1 aliphatic heterocycles. The summed E-state index contributed by atoms with van der Waals surface area (Å²) in [6.07, 6.45) is 4.12. The maximum absolute atomic E-state index is 12.4. The van der Waals surface area contributed by atoms with Gasteiger partial charge in [-0.2, -0.15) is 0 Å². The molecule has 0 bridgehead atoms. The summed E-state index contributed by atoms with van der Waals surface area (Å²) in [5.74, 6) is 1.48. The van der Waals surface area contributed by atoms with Crippen LogP contribution in [0.15, 0.2) is 36.4 Å². The smallest absolute Gasteiger partial charge is 0.185 e. The van der Waals surface area contributed by atoms with Gasteiger partial charge >= 0.3 is 0 Å². The van der Waals surface area contributed by atoms with Gasteiger partial charge in [0.2, 0.25) is 0 Å². The highest BCUT2D eigenvalue weighted by molar-refractivity contribution is 6.07. The Hall–Kier alpha value is -2.75. The quantitative estimate of drug-likeness (QED) is 0.683. The number of ketones is 1. The molecule has 1 aliphatic rings. The number of phenolic OH excluding ortho intramolecular Hbond substituents is 1. The van der Waals surface area contributed by atoms with Crippen LogP contribution in [0, 0.1) is 13.8 Å². The second-order valence-electron chi connectivity index (χ2n) is 5.91. The average molecular weight is 324 g/mol. The number of benzene rings is 2. The van der Waals surface area contributed by atoms with Crippen molar-refractivity contribution in [2.45, 2.75) is 20.3 Å². The minimum Gasteiger partial charge on any atom is -0.507 e. The molecule has 0 radical (unpaired) electrons. The lowest BCUT2D eigenvalue weighted by atomic mass is 10.0. The summed E-state index contributed by atoms with van der Waals surface area (Å²) in [6, 6.07) is 8.94. The van der Waals surface area contributed by atoms with E-state index in [9.17, 15) is 9.90 Å². The van der Waals surface area contributed by atoms with Crippen molar-refractivity contribution in [3.8, 4) is 17.2 Å². The van der Waals surface area contributed by atoms with Crippen molar-refractivity contribution in [2.75, 3.05) is 13.2 Å². The maximum atomic E-state index is 12.4. The monoisotopic (exact) mass is 324 g/mol. The lowest BCUT2D eigenvalue weighted by Gasteiger charge is -2.08. The average Bonchev–Trinajstić information content (AvgIpc) is 2.82. The fourth-order valence-corrected chi connectivity index (χ4v) is 2.67. The molecule has 1 N–H and O–H groups in total. The molecule has 0 unspecified atom stereocenters. The predicted octanol–water partition coefficient (Wildman–Crippen LogP) is 4.07. The Morgan fingerprint density at radius 3 is 2.42 bits per heavy atom. The molecule has 3 rings (SSSR count). The third-order valence-corrected chi connectivity index (χ3v) is 3.97. The number of aryl methyl sites for hydroxylation is 2. The van der Waals surface area contributed by atoms with E-state index < -0.39 is 0 Å². The summed E-state index contributed by atoms with van der Waals surface area (Å²) in [5, 5.41) is 9.80. The molecule has 0 fully saturated rings. The van der Waals surface area contributed by atoms with Gasteiger partial charge in [0.25, 0.3) is 0 Å². The number of phenols is 1. The molecule has 1 heterocycles. The van der Waals surface area contributed by atoms with Gasteiger partial charge in [-0.3, -0.25) is 4.79 Å². The van der Waals surface area contributed by atoms with Crippen LogP contribution >= 0.6 is 0 Å². The van der Waals surface area contributed by atoms with Crippen molar-refractivity contribution in [1.29, 1.82) is 0 Å². The van der Waals surface area contributed by atoms with Crippen LogP contribution in [-0.2, 0) is 0 Å². The van der Waals surface area contributed by atoms with Gasteiger partial charge in [0, 0.05) is 12.0 Å². The predicted molar refractivity (Wildman–Crippen MR) is 93.0 cm³/mol. The van der Waals surface area contributed by atoms with E-state index in [1.807, 2.05) is 26.0 Å². The van der Waals surface area contributed by atoms with Crippen molar-refractivity contribution >= 4 is 11.9 Å². The normalized spacial score (nSPS) is 13.8. The molecule has 0 aromatic heterocycles. The van der Waals surface area contributed by atoms with Crippen LogP contribution in [0.3, 0.4) is 0 Å². The zero-order valence-electron chi connectivity index (χ0n) is 13.8. The molecule has 0 saturated carbocycles. The first kappa shape index (κ1) is 16.1. The maximum Gasteiger partial charge on any atom is 0.185 e. The zero-order valence-corrected chi connectivity index (χ0v) is 13.8. The van der Waals surface area contributed by atoms with Crippen LogP contribution in [-0.4, -0.2) is 24.1 Å². The van der Waals surface area contributed by atoms with Crippen molar-refractivity contribution in [3.63, 3.8) is 0 Å². The lowest BCUT2D eigenvalue weighted by molar-refractivity contribution is 0.104. The molecule has 0 spiro atoms. The fraction of sp³-hybridized carbons (Fsp3) is 0.250. The molecular weight excluding hydrogens is 304 g/mol. The van der Waals surface area contributed by atoms with Gasteiger partial charge < -0.3 is 14.6 Å². The van der Waals surface area contributed by atoms with Gasteiger partial charge in [-0.25, -0.2) is 0 Å². The number of ether oxygens (including phenoxy) is 2. The first-order valence-electron chi connectivity index (χ1n) is 7.97. The standard InChI is InChI=1S/C20H20O4/c1-13-10-15(11-14(2)20(13)22)4-6-17(21)16-5-7-18-19(12-16)24-9-3-8-23-18/h4-7,10-12,22H,3,8-9H2,1-2H3/b6-4+. The summed E-state index contributed by atoms with van der Waals surface area (Å²) in [6.45, 7) is 4.89. The van der Waals surface area contributed by atoms with E-state index in [1.165, 1.54) is 6.08 Å². The number of rotatable bonds is 3. The zero-order chi connectivity index (χ0) is 17.1. The highest BCUT2D eigenvalue weighted by Gasteiger charge is 2.13. The third-order valence-electron chi connectivity index (χ3n) is 3.97. The van der Waals surface area contributed by atoms with E-state index in [1.54, 1.807) is 24.3 Å². The Balaban J connectivity index is 1.81. The Morgan fingerprint density at radius 1 is 1.04 bits per heavy atom. The van der Waals surface area contributed by atoms with Gasteiger partial charge in [0.15, 0.2) is 17.3 Å². The molecule has 2 aromatic carbocycles. The van der Waals surface area contributed by atoms with Gasteiger partial charge in [-0.05, 0) is 66.9 Å². The Morgan fingerprint density at radius 2 is 1.71 bits per heavy atom. The molecule has 124 valence electrons. The van der Waals surface area contributed by atoms with E-state index in [0.29, 0.717) is 36.0 Å². The van der Waals surface area contributed by atoms with Gasteiger partial charge in [-0.1, -0.05) is 6.08 Å². The van der Waals surface area contributed by atoms with Gasteiger partial charge in [0.1, 0.15) is 5.75 Å². The Bertz CT molecular complexity index is 782. The van der Waals surface area contributed by atoms with Crippen molar-refractivity contribution in [3.05, 3.63) is 58.7 Å². The molecule has 0 saturated heterocycles. The number of aromatic hydroxyl groups is 1. The van der Waals surface area contributed by atoms with Crippen LogP contribution in [0.2, 0.25) is 0 Å². The van der Waals surface area contributed by atoms with E-state index >= 15 is 0 Å². The molecular formula is C20H20O4. The summed E-state index contributed by atoms with van der Waals surface area (Å²) < 4.78 is 11.2. The summed E-state index contributed by atoms with van der Waals surface area (Å²) in [4.78, 5) is 12.4. The molecule has 0 amide bonds. The van der Waals surface area contributed by atoms with E-state index in [0.717, 1.165) is 23.1 Å². The topological polar surface area (TPSA) is 55.8 Å². The molecule has 0 atom stereocenters. The Labute approximate surface area is 141 Å². The summed E-state index contributed by atoms with van der Waals surface area (Å²) in [5.41, 5.74) is 3.02. The minimum absolute atomic E-state index is 0.103. The number of allylic oxidation sites excluding steroid dienone is 1. The molecule has 24 heavy (non-hydrogen) atoms. The van der Waals surface area contributed by atoms with E-state index in [-0.39, 0.29) is 5.78 Å². The number of hydrogen-bond donors (Lipinski definition) is 1. The third kappa shape index (κ3) is 3.43. The highest BCUT2D eigenvalue weighted by Crippen LogP contribution is 2.30. The number of carbonyl (C=O) groups is 1. The molecule has 4 heteroatoms. The largest absolute Gasteiger partial charge is 0.507 e. The van der Waals surface area contributed by atoms with E-state index in [2.05, 4.69) is 0 Å². The lowest BCUT2D eigenvalue weighted by Crippen LogP contribution is -1.98. The van der Waals surface area contributed by atoms with Crippen LogP contribution in [0.25, 0.3) is 6.08 Å². The first-order chi connectivity index (χ1) is 11.5. The van der Waals surface area contributed by atoms with Gasteiger partial charge in [-0.15, -0.1) is 0 Å². The molecule has 2 aromatic rings. The van der Waals surface area contributed by atoms with Crippen LogP contribution < -0.4 is 9.47 Å². The summed E-state index contributed by atoms with van der Waals surface area (Å²) >= 11 is 0. The van der Waals surface area contributed by atoms with Crippen molar-refractivity contribution in [1.82, 2.24) is 0 Å². The van der Waals surface area contributed by atoms with Crippen LogP contribution in [0.4, 0.5) is 0 Å². The van der Waals surface area contributed by atoms with Crippen LogP contribution in [0.1, 0.15) is 33.5 Å². The second kappa shape index (κ2) is 6.79. The highest BCUT2D eigenvalue weighted by atomic mass is 16.5. The van der Waals surface area contributed by atoms with Gasteiger partial charge in [0.05, 0.1) is 13.2 Å². The summed E-state index contributed by atoms with van der Waals surface area (Å²) in [7, 11) is 0. The van der Waals surface area contributed by atoms with Crippen LogP contribution in [0.5, 0.6) is 17.2 Å². The first-order valence-corrected chi connectivity index (χ1v) is 7.97. The SMILES string of the molecule is Cc1cc(/C=C/C(=O)c2ccc3c(c2)OCCCO3)cc(C)c1O. The van der Waals surface area contributed by atoms with Crippen molar-refractivity contribution < 1.29 is 19.4 Å². The molecule has 4 nitrogen and oxygen atoms in total. The van der Waals surface area contributed by atoms with Crippen molar-refractivity contribution in [2.24, 2.45) is 0 Å². The molecule has 0 aliphatic carbocycles. The fourth-order valence-electron chi connectivity index (χ4n) is 2.67. The Kier molecular flexibility index (Phi) is 4.56. The second-order valence-corrected chi connectivity index (χ2v) is 5.91.